The predicted molar refractivity (Wildman–Crippen MR) is 96.8 cm³/mol. The van der Waals surface area contributed by atoms with Crippen molar-refractivity contribution in [1.82, 2.24) is 19.7 Å². The maximum Gasteiger partial charge on any atom is 0.232 e. The van der Waals surface area contributed by atoms with Crippen molar-refractivity contribution in [2.75, 3.05) is 7.11 Å². The van der Waals surface area contributed by atoms with Crippen molar-refractivity contribution in [2.45, 2.75) is 33.1 Å². The number of ether oxygens (including phenoxy) is 1. The Morgan fingerprint density at radius 1 is 1.20 bits per heavy atom. The molecule has 0 radical (unpaired) electrons. The van der Waals surface area contributed by atoms with E-state index < -0.39 is 0 Å². The van der Waals surface area contributed by atoms with Crippen molar-refractivity contribution >= 4 is 12.2 Å². The molecule has 6 nitrogen and oxygen atoms in total. The third-order valence-corrected chi connectivity index (χ3v) is 3.70. The molecule has 0 aliphatic heterocycles. The maximum atomic E-state index is 5.52. The van der Waals surface area contributed by atoms with Crippen LogP contribution < -0.4 is 4.74 Å². The van der Waals surface area contributed by atoms with Crippen LogP contribution in [0.4, 0.5) is 0 Å². The molecule has 0 saturated carbocycles. The van der Waals surface area contributed by atoms with E-state index in [1.54, 1.807) is 13.4 Å². The molecule has 0 unspecified atom stereocenters. The second kappa shape index (κ2) is 6.55. The van der Waals surface area contributed by atoms with Crippen LogP contribution in [0.5, 0.6) is 5.75 Å². The first-order valence-corrected chi connectivity index (χ1v) is 8.08. The molecule has 1 aromatic carbocycles. The van der Waals surface area contributed by atoms with Crippen LogP contribution in [0.3, 0.4) is 0 Å². The molecule has 130 valence electrons. The highest BCUT2D eigenvalue weighted by Gasteiger charge is 2.20. The van der Waals surface area contributed by atoms with Crippen LogP contribution >= 0.6 is 0 Å². The number of hydrogen-bond donors (Lipinski definition) is 0. The summed E-state index contributed by atoms with van der Waals surface area (Å²) in [5.74, 6) is 1.94. The number of methoxy groups -OCH3 is 1. The van der Waals surface area contributed by atoms with Crippen LogP contribution in [0.25, 0.3) is 17.8 Å². The van der Waals surface area contributed by atoms with E-state index in [-0.39, 0.29) is 5.41 Å². The largest absolute Gasteiger partial charge is 0.495 e. The first-order chi connectivity index (χ1) is 11.9. The summed E-state index contributed by atoms with van der Waals surface area (Å²) in [4.78, 5) is 8.65. The molecule has 0 saturated heterocycles. The summed E-state index contributed by atoms with van der Waals surface area (Å²) in [5.41, 5.74) is 2.72. The monoisotopic (exact) mass is 338 g/mol. The van der Waals surface area contributed by atoms with Gasteiger partial charge in [0.25, 0.3) is 0 Å². The van der Waals surface area contributed by atoms with Crippen molar-refractivity contribution in [3.8, 4) is 11.4 Å². The molecule has 25 heavy (non-hydrogen) atoms. The standard InChI is InChI=1S/C19H22N4O2/c1-13-11-23(12-20-13)15-8-6-14(10-16(15)24-5)7-9-17-21-18(25-22-17)19(2,3)4/h6-12H,1-5H3. The van der Waals surface area contributed by atoms with Gasteiger partial charge in [0.2, 0.25) is 5.89 Å². The molecule has 0 aliphatic rings. The fraction of sp³-hybridized carbons (Fsp3) is 0.316. The molecular formula is C19H22N4O2. The number of hydrogen-bond acceptors (Lipinski definition) is 5. The zero-order chi connectivity index (χ0) is 18.0. The first-order valence-electron chi connectivity index (χ1n) is 8.08. The summed E-state index contributed by atoms with van der Waals surface area (Å²) in [6.45, 7) is 8.07. The van der Waals surface area contributed by atoms with E-state index in [0.717, 1.165) is 22.7 Å². The van der Waals surface area contributed by atoms with Crippen LogP contribution in [-0.2, 0) is 5.41 Å². The fourth-order valence-electron chi connectivity index (χ4n) is 2.34. The van der Waals surface area contributed by atoms with E-state index in [1.165, 1.54) is 0 Å². The SMILES string of the molecule is COc1cc(C=Cc2noc(C(C)(C)C)n2)ccc1-n1cnc(C)c1. The van der Waals surface area contributed by atoms with Gasteiger partial charge in [-0.25, -0.2) is 4.98 Å². The molecule has 0 fully saturated rings. The molecule has 0 N–H and O–H groups in total. The van der Waals surface area contributed by atoms with Gasteiger partial charge in [-0.05, 0) is 30.7 Å². The van der Waals surface area contributed by atoms with Crippen molar-refractivity contribution in [3.05, 3.63) is 53.7 Å². The summed E-state index contributed by atoms with van der Waals surface area (Å²) >= 11 is 0. The predicted octanol–water partition coefficient (Wildman–Crippen LogP) is 4.04. The molecule has 0 aliphatic carbocycles. The van der Waals surface area contributed by atoms with Gasteiger partial charge in [-0.3, -0.25) is 0 Å². The summed E-state index contributed by atoms with van der Waals surface area (Å²) < 4.78 is 12.8. The smallest absolute Gasteiger partial charge is 0.232 e. The Morgan fingerprint density at radius 2 is 2.00 bits per heavy atom. The van der Waals surface area contributed by atoms with Gasteiger partial charge in [0, 0.05) is 11.6 Å². The van der Waals surface area contributed by atoms with Crippen LogP contribution in [0, 0.1) is 6.92 Å². The van der Waals surface area contributed by atoms with E-state index in [2.05, 4.69) is 15.1 Å². The number of imidazole rings is 1. The van der Waals surface area contributed by atoms with Crippen molar-refractivity contribution in [1.29, 1.82) is 0 Å². The fourth-order valence-corrected chi connectivity index (χ4v) is 2.34. The van der Waals surface area contributed by atoms with Crippen LogP contribution in [0.1, 0.15) is 43.7 Å². The van der Waals surface area contributed by atoms with Gasteiger partial charge in [0.1, 0.15) is 5.75 Å². The molecule has 6 heteroatoms. The Labute approximate surface area is 147 Å². The summed E-state index contributed by atoms with van der Waals surface area (Å²) in [5, 5.41) is 3.99. The van der Waals surface area contributed by atoms with Crippen LogP contribution in [0.2, 0.25) is 0 Å². The van der Waals surface area contributed by atoms with Gasteiger partial charge in [0.15, 0.2) is 5.82 Å². The average Bonchev–Trinajstić information content (AvgIpc) is 3.21. The van der Waals surface area contributed by atoms with E-state index >= 15 is 0 Å². The third-order valence-electron chi connectivity index (χ3n) is 3.70. The maximum absolute atomic E-state index is 5.52. The molecule has 2 aromatic heterocycles. The average molecular weight is 338 g/mol. The number of benzene rings is 1. The van der Waals surface area contributed by atoms with Crippen molar-refractivity contribution in [3.63, 3.8) is 0 Å². The van der Waals surface area contributed by atoms with E-state index in [1.807, 2.05) is 68.8 Å². The lowest BCUT2D eigenvalue weighted by Gasteiger charge is -2.10. The molecule has 3 rings (SSSR count). The highest BCUT2D eigenvalue weighted by atomic mass is 16.5. The molecular weight excluding hydrogens is 316 g/mol. The minimum Gasteiger partial charge on any atom is -0.495 e. The normalized spacial score (nSPS) is 12.0. The first kappa shape index (κ1) is 17.0. The Balaban J connectivity index is 1.85. The van der Waals surface area contributed by atoms with Crippen LogP contribution in [0.15, 0.2) is 35.2 Å². The number of aromatic nitrogens is 4. The zero-order valence-corrected chi connectivity index (χ0v) is 15.1. The van der Waals surface area contributed by atoms with Gasteiger partial charge in [-0.15, -0.1) is 0 Å². The minimum absolute atomic E-state index is 0.160. The summed E-state index contributed by atoms with van der Waals surface area (Å²) in [6, 6.07) is 5.97. The lowest BCUT2D eigenvalue weighted by Crippen LogP contribution is -2.11. The second-order valence-electron chi connectivity index (χ2n) is 6.89. The van der Waals surface area contributed by atoms with Crippen molar-refractivity contribution < 1.29 is 9.26 Å². The van der Waals surface area contributed by atoms with Gasteiger partial charge >= 0.3 is 0 Å². The lowest BCUT2D eigenvalue weighted by atomic mass is 9.97. The summed E-state index contributed by atoms with van der Waals surface area (Å²) in [6.07, 6.45) is 7.49. The Morgan fingerprint density at radius 3 is 2.60 bits per heavy atom. The van der Waals surface area contributed by atoms with Crippen LogP contribution in [-0.4, -0.2) is 26.8 Å². The summed E-state index contributed by atoms with van der Waals surface area (Å²) in [7, 11) is 1.66. The highest BCUT2D eigenvalue weighted by Crippen LogP contribution is 2.25. The zero-order valence-electron chi connectivity index (χ0n) is 15.1. The molecule has 3 aromatic rings. The van der Waals surface area contributed by atoms with Gasteiger partial charge in [-0.2, -0.15) is 4.98 Å². The lowest BCUT2D eigenvalue weighted by molar-refractivity contribution is 0.320. The van der Waals surface area contributed by atoms with Crippen molar-refractivity contribution in [2.24, 2.45) is 0 Å². The quantitative estimate of drug-likeness (QED) is 0.718. The number of aryl methyl sites for hydroxylation is 1. The Bertz CT molecular complexity index is 900. The highest BCUT2D eigenvalue weighted by molar-refractivity contribution is 5.69. The molecule has 0 amide bonds. The second-order valence-corrected chi connectivity index (χ2v) is 6.89. The van der Waals surface area contributed by atoms with Gasteiger partial charge in [-0.1, -0.05) is 38.1 Å². The molecule has 0 atom stereocenters. The topological polar surface area (TPSA) is 66.0 Å². The van der Waals surface area contributed by atoms with Gasteiger partial charge < -0.3 is 13.8 Å². The molecule has 2 heterocycles. The number of nitrogens with zero attached hydrogens (tertiary/aromatic N) is 4. The van der Waals surface area contributed by atoms with E-state index in [9.17, 15) is 0 Å². The third kappa shape index (κ3) is 3.79. The molecule has 0 bridgehead atoms. The Hall–Kier alpha value is -2.89. The van der Waals surface area contributed by atoms with E-state index in [4.69, 9.17) is 9.26 Å². The van der Waals surface area contributed by atoms with E-state index in [0.29, 0.717) is 11.7 Å². The minimum atomic E-state index is -0.160. The molecule has 0 spiro atoms. The Kier molecular flexibility index (Phi) is 4.44. The van der Waals surface area contributed by atoms with Gasteiger partial charge in [0.05, 0.1) is 24.8 Å². The number of rotatable bonds is 4.